The Hall–Kier alpha value is -2.14. The molecule has 1 aromatic heterocycles. The molecular weight excluding hydrogens is 368 g/mol. The average Bonchev–Trinajstić information content (AvgIpc) is 3.46. The second-order valence-corrected chi connectivity index (χ2v) is 8.98. The van der Waals surface area contributed by atoms with Crippen molar-refractivity contribution in [3.8, 4) is 0 Å². The van der Waals surface area contributed by atoms with Crippen LogP contribution in [-0.2, 0) is 22.7 Å². The van der Waals surface area contributed by atoms with Gasteiger partial charge in [-0.05, 0) is 43.9 Å². The number of thiophene rings is 1. The van der Waals surface area contributed by atoms with E-state index >= 15 is 0 Å². The van der Waals surface area contributed by atoms with Gasteiger partial charge < -0.3 is 9.80 Å². The molecule has 0 saturated heterocycles. The van der Waals surface area contributed by atoms with E-state index in [-0.39, 0.29) is 24.4 Å². The molecule has 0 bridgehead atoms. The van der Waals surface area contributed by atoms with Gasteiger partial charge in [-0.1, -0.05) is 43.7 Å². The molecule has 1 aliphatic rings. The zero-order valence-corrected chi connectivity index (χ0v) is 17.7. The van der Waals surface area contributed by atoms with E-state index in [4.69, 9.17) is 0 Å². The number of aryl methyl sites for hydroxylation is 1. The summed E-state index contributed by atoms with van der Waals surface area (Å²) in [5.41, 5.74) is 1.11. The molecule has 3 rings (SSSR count). The van der Waals surface area contributed by atoms with Gasteiger partial charge in [-0.15, -0.1) is 11.3 Å². The number of carbonyl (C=O) groups is 2. The molecule has 0 atom stereocenters. The fourth-order valence-corrected chi connectivity index (χ4v) is 4.22. The summed E-state index contributed by atoms with van der Waals surface area (Å²) in [6.07, 6.45) is 4.47. The van der Waals surface area contributed by atoms with Crippen LogP contribution in [0.2, 0.25) is 0 Å². The summed E-state index contributed by atoms with van der Waals surface area (Å²) in [6, 6.07) is 14.5. The van der Waals surface area contributed by atoms with Crippen molar-refractivity contribution in [3.63, 3.8) is 0 Å². The van der Waals surface area contributed by atoms with Gasteiger partial charge in [-0.3, -0.25) is 9.59 Å². The van der Waals surface area contributed by atoms with Crippen LogP contribution >= 0.6 is 11.3 Å². The lowest BCUT2D eigenvalue weighted by Gasteiger charge is -2.28. The Labute approximate surface area is 172 Å². The third-order valence-corrected chi connectivity index (χ3v) is 6.05. The van der Waals surface area contributed by atoms with Gasteiger partial charge in [0, 0.05) is 28.8 Å². The van der Waals surface area contributed by atoms with E-state index in [0.717, 1.165) is 31.2 Å². The number of hydrogen-bond donors (Lipinski definition) is 0. The van der Waals surface area contributed by atoms with Crippen molar-refractivity contribution in [2.45, 2.75) is 65.1 Å². The van der Waals surface area contributed by atoms with Gasteiger partial charge in [-0.2, -0.15) is 0 Å². The van der Waals surface area contributed by atoms with Crippen LogP contribution in [0.5, 0.6) is 0 Å². The fraction of sp³-hybridized carbons (Fsp3) is 0.478. The maximum absolute atomic E-state index is 13.2. The highest BCUT2D eigenvalue weighted by molar-refractivity contribution is 7.11. The molecule has 5 heteroatoms. The first-order valence-electron chi connectivity index (χ1n) is 10.2. The molecule has 2 aromatic rings. The first kappa shape index (κ1) is 20.6. The number of amides is 2. The zero-order valence-electron chi connectivity index (χ0n) is 16.9. The lowest BCUT2D eigenvalue weighted by molar-refractivity contribution is -0.141. The fourth-order valence-electron chi connectivity index (χ4n) is 3.32. The highest BCUT2D eigenvalue weighted by Gasteiger charge is 2.34. The summed E-state index contributed by atoms with van der Waals surface area (Å²) >= 11 is 1.72. The minimum Gasteiger partial charge on any atom is -0.332 e. The molecule has 4 nitrogen and oxygen atoms in total. The Morgan fingerprint density at radius 2 is 1.79 bits per heavy atom. The molecular formula is C23H30N2O2S. The highest BCUT2D eigenvalue weighted by Crippen LogP contribution is 2.28. The van der Waals surface area contributed by atoms with Crippen LogP contribution in [0.1, 0.15) is 54.3 Å². The van der Waals surface area contributed by atoms with Crippen LogP contribution in [0.25, 0.3) is 0 Å². The van der Waals surface area contributed by atoms with E-state index in [1.54, 1.807) is 11.3 Å². The summed E-state index contributed by atoms with van der Waals surface area (Å²) in [4.78, 5) is 32.0. The maximum Gasteiger partial charge on any atom is 0.242 e. The van der Waals surface area contributed by atoms with E-state index in [1.165, 1.54) is 9.75 Å². The summed E-state index contributed by atoms with van der Waals surface area (Å²) in [5.74, 6) is 0.163. The third kappa shape index (κ3) is 5.93. The first-order chi connectivity index (χ1) is 13.6. The van der Waals surface area contributed by atoms with Crippen molar-refractivity contribution >= 4 is 23.2 Å². The van der Waals surface area contributed by atoms with E-state index in [0.29, 0.717) is 19.5 Å². The Balaban J connectivity index is 1.71. The maximum atomic E-state index is 13.2. The predicted molar refractivity (Wildman–Crippen MR) is 114 cm³/mol. The number of rotatable bonds is 10. The molecule has 2 amide bonds. The van der Waals surface area contributed by atoms with Crippen molar-refractivity contribution < 1.29 is 9.59 Å². The topological polar surface area (TPSA) is 40.6 Å². The largest absolute Gasteiger partial charge is 0.332 e. The standard InChI is InChI=1S/C23H30N2O2S/c1-3-4-10-22(26)25(20-12-13-20)17-23(27)24(15-19-8-6-5-7-9-19)16-21-14-11-18(2)28-21/h5-9,11,14,20H,3-4,10,12-13,15-17H2,1-2H3. The summed E-state index contributed by atoms with van der Waals surface area (Å²) < 4.78 is 0. The predicted octanol–water partition coefficient (Wildman–Crippen LogP) is 4.77. The molecule has 1 fully saturated rings. The van der Waals surface area contributed by atoms with Crippen LogP contribution in [0, 0.1) is 6.92 Å². The first-order valence-corrected chi connectivity index (χ1v) is 11.0. The lowest BCUT2D eigenvalue weighted by atomic mass is 10.2. The number of carbonyl (C=O) groups excluding carboxylic acids is 2. The van der Waals surface area contributed by atoms with Crippen molar-refractivity contribution in [2.24, 2.45) is 0 Å². The van der Waals surface area contributed by atoms with Gasteiger partial charge >= 0.3 is 0 Å². The molecule has 150 valence electrons. The highest BCUT2D eigenvalue weighted by atomic mass is 32.1. The van der Waals surface area contributed by atoms with Gasteiger partial charge in [-0.25, -0.2) is 0 Å². The van der Waals surface area contributed by atoms with Crippen molar-refractivity contribution in [2.75, 3.05) is 6.54 Å². The third-order valence-electron chi connectivity index (χ3n) is 5.07. The molecule has 0 N–H and O–H groups in total. The lowest BCUT2D eigenvalue weighted by Crippen LogP contribution is -2.43. The Kier molecular flexibility index (Phi) is 7.26. The van der Waals surface area contributed by atoms with Gasteiger partial charge in [0.2, 0.25) is 11.8 Å². The van der Waals surface area contributed by atoms with Crippen LogP contribution in [0.4, 0.5) is 0 Å². The minimum absolute atomic E-state index is 0.0339. The van der Waals surface area contributed by atoms with E-state index in [1.807, 2.05) is 40.1 Å². The molecule has 0 unspecified atom stereocenters. The number of hydrogen-bond acceptors (Lipinski definition) is 3. The average molecular weight is 399 g/mol. The molecule has 0 spiro atoms. The number of benzene rings is 1. The van der Waals surface area contributed by atoms with Crippen LogP contribution in [0.15, 0.2) is 42.5 Å². The Morgan fingerprint density at radius 3 is 2.39 bits per heavy atom. The Morgan fingerprint density at radius 1 is 1.04 bits per heavy atom. The van der Waals surface area contributed by atoms with E-state index < -0.39 is 0 Å². The van der Waals surface area contributed by atoms with Crippen LogP contribution in [0.3, 0.4) is 0 Å². The molecule has 1 saturated carbocycles. The second kappa shape index (κ2) is 9.87. The normalized spacial score (nSPS) is 13.4. The zero-order chi connectivity index (χ0) is 19.9. The summed E-state index contributed by atoms with van der Waals surface area (Å²) in [7, 11) is 0. The summed E-state index contributed by atoms with van der Waals surface area (Å²) in [5, 5.41) is 0. The molecule has 28 heavy (non-hydrogen) atoms. The molecule has 1 aliphatic carbocycles. The van der Waals surface area contributed by atoms with Gasteiger partial charge in [0.05, 0.1) is 6.54 Å². The smallest absolute Gasteiger partial charge is 0.242 e. The van der Waals surface area contributed by atoms with Crippen molar-refractivity contribution in [1.29, 1.82) is 0 Å². The van der Waals surface area contributed by atoms with E-state index in [9.17, 15) is 9.59 Å². The van der Waals surface area contributed by atoms with Crippen molar-refractivity contribution in [1.82, 2.24) is 9.80 Å². The molecule has 1 heterocycles. The molecule has 1 aromatic carbocycles. The number of nitrogens with zero attached hydrogens (tertiary/aromatic N) is 2. The molecule has 0 radical (unpaired) electrons. The Bertz CT molecular complexity index is 783. The van der Waals surface area contributed by atoms with Crippen LogP contribution < -0.4 is 0 Å². The molecule has 0 aliphatic heterocycles. The van der Waals surface area contributed by atoms with Crippen LogP contribution in [-0.4, -0.2) is 34.2 Å². The van der Waals surface area contributed by atoms with Crippen molar-refractivity contribution in [3.05, 3.63) is 57.8 Å². The van der Waals surface area contributed by atoms with Gasteiger partial charge in [0.1, 0.15) is 6.54 Å². The second-order valence-electron chi connectivity index (χ2n) is 7.60. The van der Waals surface area contributed by atoms with E-state index in [2.05, 4.69) is 26.0 Å². The van der Waals surface area contributed by atoms with Gasteiger partial charge in [0.15, 0.2) is 0 Å². The summed E-state index contributed by atoms with van der Waals surface area (Å²) in [6.45, 7) is 5.53. The SMILES string of the molecule is CCCCC(=O)N(CC(=O)N(Cc1ccccc1)Cc1ccc(C)s1)C1CC1. The monoisotopic (exact) mass is 398 g/mol. The van der Waals surface area contributed by atoms with Gasteiger partial charge in [0.25, 0.3) is 0 Å². The minimum atomic E-state index is 0.0339. The number of unbranched alkanes of at least 4 members (excludes halogenated alkanes) is 1. The quantitative estimate of drug-likeness (QED) is 0.579.